The van der Waals surface area contributed by atoms with Crippen molar-refractivity contribution in [2.45, 2.75) is 18.9 Å². The molecule has 0 nitrogen and oxygen atoms in total. The second kappa shape index (κ2) is 5.22. The van der Waals surface area contributed by atoms with Crippen molar-refractivity contribution in [1.82, 2.24) is 0 Å². The molecule has 1 aromatic rings. The van der Waals surface area contributed by atoms with Gasteiger partial charge in [-0.2, -0.15) is 0 Å². The molecule has 0 radical (unpaired) electrons. The van der Waals surface area contributed by atoms with Gasteiger partial charge in [0.15, 0.2) is 0 Å². The molecule has 1 aromatic carbocycles. The van der Waals surface area contributed by atoms with Gasteiger partial charge in [-0.25, -0.2) is 0 Å². The molecule has 0 spiro atoms. The molecule has 5 heteroatoms. The first-order valence-corrected chi connectivity index (χ1v) is 10.2. The van der Waals surface area contributed by atoms with E-state index in [0.29, 0.717) is 6.04 Å². The third-order valence-electron chi connectivity index (χ3n) is 1.97. The summed E-state index contributed by atoms with van der Waals surface area (Å²) in [4.78, 5) is 0. The summed E-state index contributed by atoms with van der Waals surface area (Å²) in [6, 6.07) is 6.16. The van der Waals surface area contributed by atoms with Crippen molar-refractivity contribution >= 4 is 55.2 Å². The Kier molecular flexibility index (Phi) is 4.79. The standard InChI is InChI=1S/C9H10BrCl3Si/c1-7(6-14(11,12)13)8-4-2-3-5-9(8)10/h2-5,7H,6H2,1H3. The Bertz CT molecular complexity index is 311. The van der Waals surface area contributed by atoms with E-state index in [9.17, 15) is 0 Å². The number of halogens is 4. The third kappa shape index (κ3) is 4.11. The van der Waals surface area contributed by atoms with Gasteiger partial charge in [0, 0.05) is 4.47 Å². The van der Waals surface area contributed by atoms with Gasteiger partial charge in [0.25, 0.3) is 0 Å². The molecule has 0 amide bonds. The molecule has 78 valence electrons. The van der Waals surface area contributed by atoms with E-state index in [1.165, 1.54) is 5.56 Å². The Hall–Kier alpha value is 0.787. The van der Waals surface area contributed by atoms with E-state index in [-0.39, 0.29) is 5.92 Å². The molecule has 14 heavy (non-hydrogen) atoms. The summed E-state index contributed by atoms with van der Waals surface area (Å²) in [7, 11) is 0. The van der Waals surface area contributed by atoms with E-state index in [1.807, 2.05) is 18.2 Å². The predicted octanol–water partition coefficient (Wildman–Crippen LogP) is 5.21. The van der Waals surface area contributed by atoms with Crippen LogP contribution in [0.1, 0.15) is 18.4 Å². The summed E-state index contributed by atoms with van der Waals surface area (Å²) < 4.78 is 1.08. The first-order chi connectivity index (χ1) is 6.40. The minimum absolute atomic E-state index is 0.282. The largest absolute Gasteiger partial charge is 0.342 e. The monoisotopic (exact) mass is 330 g/mol. The molecular formula is C9H10BrCl3Si. The van der Waals surface area contributed by atoms with Crippen LogP contribution in [0.3, 0.4) is 0 Å². The van der Waals surface area contributed by atoms with Crippen LogP contribution >= 0.6 is 49.2 Å². The lowest BCUT2D eigenvalue weighted by Crippen LogP contribution is -2.13. The van der Waals surface area contributed by atoms with E-state index in [1.54, 1.807) is 0 Å². The van der Waals surface area contributed by atoms with Crippen LogP contribution in [0.4, 0.5) is 0 Å². The van der Waals surface area contributed by atoms with Crippen LogP contribution in [0.25, 0.3) is 0 Å². The minimum Gasteiger partial charge on any atom is -0.126 e. The highest BCUT2D eigenvalue weighted by Crippen LogP contribution is 2.36. The Morgan fingerprint density at radius 1 is 1.29 bits per heavy atom. The average molecular weight is 333 g/mol. The Morgan fingerprint density at radius 3 is 2.36 bits per heavy atom. The molecular weight excluding hydrogens is 322 g/mol. The van der Waals surface area contributed by atoms with Crippen LogP contribution < -0.4 is 0 Å². The highest BCUT2D eigenvalue weighted by Gasteiger charge is 2.28. The van der Waals surface area contributed by atoms with Gasteiger partial charge in [-0.05, 0) is 23.6 Å². The normalized spacial score (nSPS) is 14.1. The van der Waals surface area contributed by atoms with Crippen molar-refractivity contribution in [3.63, 3.8) is 0 Å². The maximum absolute atomic E-state index is 5.88. The number of benzene rings is 1. The lowest BCUT2D eigenvalue weighted by Gasteiger charge is -2.16. The molecule has 1 rings (SSSR count). The second-order valence-corrected chi connectivity index (χ2v) is 13.3. The van der Waals surface area contributed by atoms with E-state index in [4.69, 9.17) is 33.2 Å². The van der Waals surface area contributed by atoms with Gasteiger partial charge in [-0.15, -0.1) is 33.2 Å². The Morgan fingerprint density at radius 2 is 1.86 bits per heavy atom. The van der Waals surface area contributed by atoms with Crippen molar-refractivity contribution in [1.29, 1.82) is 0 Å². The molecule has 0 bridgehead atoms. The molecule has 0 aromatic heterocycles. The summed E-state index contributed by atoms with van der Waals surface area (Å²) in [5.74, 6) is 0.282. The molecule has 0 saturated carbocycles. The molecule has 0 aliphatic heterocycles. The van der Waals surface area contributed by atoms with Gasteiger partial charge in [0.05, 0.1) is 0 Å². The molecule has 1 unspecified atom stereocenters. The maximum Gasteiger partial charge on any atom is 0.342 e. The summed E-state index contributed by atoms with van der Waals surface area (Å²) in [6.07, 6.45) is 0. The van der Waals surface area contributed by atoms with E-state index in [2.05, 4.69) is 28.9 Å². The van der Waals surface area contributed by atoms with Gasteiger partial charge in [0.1, 0.15) is 0 Å². The summed E-state index contributed by atoms with van der Waals surface area (Å²) in [6.45, 7) is 2.08. The molecule has 0 aliphatic carbocycles. The van der Waals surface area contributed by atoms with Crippen LogP contribution in [0.15, 0.2) is 28.7 Å². The van der Waals surface area contributed by atoms with Crippen LogP contribution in [-0.4, -0.2) is 6.00 Å². The Balaban J connectivity index is 2.80. The van der Waals surface area contributed by atoms with Crippen molar-refractivity contribution in [3.8, 4) is 0 Å². The highest BCUT2D eigenvalue weighted by atomic mass is 79.9. The smallest absolute Gasteiger partial charge is 0.126 e. The fourth-order valence-corrected chi connectivity index (χ4v) is 5.00. The van der Waals surface area contributed by atoms with Crippen LogP contribution in [-0.2, 0) is 0 Å². The first-order valence-electron chi connectivity index (χ1n) is 4.21. The van der Waals surface area contributed by atoms with Crippen molar-refractivity contribution in [2.75, 3.05) is 0 Å². The second-order valence-electron chi connectivity index (χ2n) is 3.24. The quantitative estimate of drug-likeness (QED) is 0.526. The first kappa shape index (κ1) is 12.9. The average Bonchev–Trinajstić information content (AvgIpc) is 2.01. The van der Waals surface area contributed by atoms with Crippen molar-refractivity contribution in [2.24, 2.45) is 0 Å². The zero-order valence-electron chi connectivity index (χ0n) is 7.61. The van der Waals surface area contributed by atoms with Crippen LogP contribution in [0, 0.1) is 0 Å². The zero-order chi connectivity index (χ0) is 10.8. The molecule has 0 saturated heterocycles. The lowest BCUT2D eigenvalue weighted by molar-refractivity contribution is 0.853. The van der Waals surface area contributed by atoms with Gasteiger partial charge in [0.2, 0.25) is 0 Å². The fourth-order valence-electron chi connectivity index (χ4n) is 1.33. The van der Waals surface area contributed by atoms with Crippen LogP contribution in [0.5, 0.6) is 0 Å². The number of rotatable bonds is 3. The summed E-state index contributed by atoms with van der Waals surface area (Å²) >= 11 is 21.1. The van der Waals surface area contributed by atoms with E-state index < -0.39 is 6.00 Å². The highest BCUT2D eigenvalue weighted by molar-refractivity contribution is 9.10. The van der Waals surface area contributed by atoms with Gasteiger partial charge in [-0.3, -0.25) is 0 Å². The van der Waals surface area contributed by atoms with Gasteiger partial charge < -0.3 is 0 Å². The lowest BCUT2D eigenvalue weighted by atomic mass is 10.0. The molecule has 0 aliphatic rings. The molecule has 0 heterocycles. The van der Waals surface area contributed by atoms with Crippen LogP contribution in [0.2, 0.25) is 6.04 Å². The van der Waals surface area contributed by atoms with Crippen molar-refractivity contribution < 1.29 is 0 Å². The molecule has 1 atom stereocenters. The molecule has 0 fully saturated rings. The SMILES string of the molecule is CC(C[Si](Cl)(Cl)Cl)c1ccccc1Br. The number of hydrogen-bond donors (Lipinski definition) is 0. The van der Waals surface area contributed by atoms with Crippen molar-refractivity contribution in [3.05, 3.63) is 34.3 Å². The maximum atomic E-state index is 5.88. The van der Waals surface area contributed by atoms with E-state index >= 15 is 0 Å². The van der Waals surface area contributed by atoms with Gasteiger partial charge in [-0.1, -0.05) is 41.1 Å². The third-order valence-corrected chi connectivity index (χ3v) is 5.16. The molecule has 0 N–H and O–H groups in total. The topological polar surface area (TPSA) is 0 Å². The van der Waals surface area contributed by atoms with E-state index in [0.717, 1.165) is 4.47 Å². The summed E-state index contributed by atoms with van der Waals surface area (Å²) in [5, 5.41) is 0. The minimum atomic E-state index is -2.53. The fraction of sp³-hybridized carbons (Fsp3) is 0.333. The number of hydrogen-bond acceptors (Lipinski definition) is 0. The predicted molar refractivity (Wildman–Crippen MR) is 70.7 cm³/mol. The zero-order valence-corrected chi connectivity index (χ0v) is 12.5. The summed E-state index contributed by atoms with van der Waals surface area (Å²) in [5.41, 5.74) is 1.20. The van der Waals surface area contributed by atoms with Gasteiger partial charge >= 0.3 is 6.00 Å². The Labute approximate surface area is 108 Å².